The molecule has 32 heavy (non-hydrogen) atoms. The van der Waals surface area contributed by atoms with Crippen LogP contribution < -0.4 is 0 Å². The van der Waals surface area contributed by atoms with Gasteiger partial charge >= 0.3 is 0 Å². The fraction of sp³-hybridized carbons (Fsp3) is 0.655. The molecule has 178 valence electrons. The van der Waals surface area contributed by atoms with E-state index in [-0.39, 0.29) is 11.8 Å². The van der Waals surface area contributed by atoms with E-state index in [1.54, 1.807) is 5.57 Å². The molecule has 3 heteroatoms. The quantitative estimate of drug-likeness (QED) is 0.411. The maximum Gasteiger partial charge on any atom is 0.127 e. The summed E-state index contributed by atoms with van der Waals surface area (Å²) in [5.41, 5.74) is 3.90. The van der Waals surface area contributed by atoms with Gasteiger partial charge in [0.1, 0.15) is 6.17 Å². The van der Waals surface area contributed by atoms with Gasteiger partial charge in [0.15, 0.2) is 0 Å². The molecule has 0 heterocycles. The van der Waals surface area contributed by atoms with Gasteiger partial charge in [0.25, 0.3) is 0 Å². The van der Waals surface area contributed by atoms with Crippen LogP contribution in [0.4, 0.5) is 4.39 Å². The lowest BCUT2D eigenvalue weighted by molar-refractivity contribution is 0.0824. The molecule has 2 N–H and O–H groups in total. The second kappa shape index (κ2) is 10.2. The first-order valence-corrected chi connectivity index (χ1v) is 12.6. The zero-order valence-electron chi connectivity index (χ0n) is 20.5. The number of allylic oxidation sites excluding steroid dienone is 7. The molecule has 5 atom stereocenters. The summed E-state index contributed by atoms with van der Waals surface area (Å²) in [7, 11) is 0. The number of rotatable bonds is 7. The normalized spacial score (nSPS) is 34.9. The van der Waals surface area contributed by atoms with E-state index in [1.165, 1.54) is 18.4 Å². The van der Waals surface area contributed by atoms with Crippen LogP contribution in [0.25, 0.3) is 0 Å². The summed E-state index contributed by atoms with van der Waals surface area (Å²) < 4.78 is 14.1. The van der Waals surface area contributed by atoms with Crippen LogP contribution in [0.1, 0.15) is 85.5 Å². The van der Waals surface area contributed by atoms with E-state index in [4.69, 9.17) is 0 Å². The van der Waals surface area contributed by atoms with Crippen LogP contribution in [-0.2, 0) is 0 Å². The molecule has 5 unspecified atom stereocenters. The van der Waals surface area contributed by atoms with Crippen LogP contribution in [0.3, 0.4) is 0 Å². The highest BCUT2D eigenvalue weighted by atomic mass is 19.1. The summed E-state index contributed by atoms with van der Waals surface area (Å²) >= 11 is 0. The Balaban J connectivity index is 1.73. The highest BCUT2D eigenvalue weighted by Gasteiger charge is 2.45. The lowest BCUT2D eigenvalue weighted by Crippen LogP contribution is -2.32. The van der Waals surface area contributed by atoms with E-state index in [1.807, 2.05) is 26.0 Å². The van der Waals surface area contributed by atoms with Crippen molar-refractivity contribution in [1.82, 2.24) is 0 Å². The van der Waals surface area contributed by atoms with Crippen LogP contribution >= 0.6 is 0 Å². The lowest BCUT2D eigenvalue weighted by atomic mass is 9.62. The van der Waals surface area contributed by atoms with Crippen molar-refractivity contribution in [2.45, 2.75) is 103 Å². The molecule has 0 aromatic rings. The summed E-state index contributed by atoms with van der Waals surface area (Å²) in [6.07, 6.45) is 16.8. The first-order valence-electron chi connectivity index (χ1n) is 12.6. The summed E-state index contributed by atoms with van der Waals surface area (Å²) in [5.74, 6) is 0.957. The van der Waals surface area contributed by atoms with E-state index < -0.39 is 17.9 Å². The summed E-state index contributed by atoms with van der Waals surface area (Å²) in [4.78, 5) is 0. The van der Waals surface area contributed by atoms with E-state index in [0.717, 1.165) is 37.7 Å². The summed E-state index contributed by atoms with van der Waals surface area (Å²) in [6.45, 7) is 12.7. The van der Waals surface area contributed by atoms with Gasteiger partial charge < -0.3 is 10.2 Å². The number of aliphatic hydroxyl groups excluding tert-OH is 1. The molecule has 0 aromatic carbocycles. The molecule has 0 aromatic heterocycles. The van der Waals surface area contributed by atoms with Crippen molar-refractivity contribution in [3.63, 3.8) is 0 Å². The van der Waals surface area contributed by atoms with Crippen molar-refractivity contribution in [1.29, 1.82) is 0 Å². The lowest BCUT2D eigenvalue weighted by Gasteiger charge is -2.42. The molecular weight excluding hydrogens is 399 g/mol. The van der Waals surface area contributed by atoms with Crippen LogP contribution in [0.15, 0.2) is 59.3 Å². The van der Waals surface area contributed by atoms with Gasteiger partial charge in [0, 0.05) is 6.42 Å². The third-order valence-electron chi connectivity index (χ3n) is 8.51. The van der Waals surface area contributed by atoms with Gasteiger partial charge in [0.05, 0.1) is 11.7 Å². The fourth-order valence-electron chi connectivity index (χ4n) is 6.15. The first kappa shape index (κ1) is 25.2. The topological polar surface area (TPSA) is 40.5 Å². The average molecular weight is 443 g/mol. The Morgan fingerprint density at radius 3 is 2.72 bits per heavy atom. The van der Waals surface area contributed by atoms with Gasteiger partial charge in [-0.2, -0.15) is 0 Å². The Labute approximate surface area is 194 Å². The molecule has 2 saturated carbocycles. The largest absolute Gasteiger partial charge is 0.393 e. The van der Waals surface area contributed by atoms with Gasteiger partial charge in [-0.05, 0) is 79.8 Å². The number of aliphatic hydroxyl groups is 2. The molecule has 0 spiro atoms. The Hall–Kier alpha value is -1.45. The molecular formula is C29H43FO2. The van der Waals surface area contributed by atoms with Crippen molar-refractivity contribution in [3.05, 3.63) is 59.3 Å². The van der Waals surface area contributed by atoms with Crippen LogP contribution in [-0.4, -0.2) is 28.1 Å². The minimum absolute atomic E-state index is 0.168. The SMILES string of the molecule is C=C1C(=CC=C2CCCC3(C)C(C(C)CC=CC(O)(CC)CC)=CCC23)CC(O)CC1F. The van der Waals surface area contributed by atoms with Gasteiger partial charge in [0.2, 0.25) is 0 Å². The molecule has 3 rings (SSSR count). The molecule has 0 bridgehead atoms. The zero-order valence-corrected chi connectivity index (χ0v) is 20.5. The summed E-state index contributed by atoms with van der Waals surface area (Å²) in [6, 6.07) is 0. The van der Waals surface area contributed by atoms with Crippen molar-refractivity contribution >= 4 is 0 Å². The minimum Gasteiger partial charge on any atom is -0.393 e. The van der Waals surface area contributed by atoms with E-state index >= 15 is 0 Å². The number of fused-ring (bicyclic) bond motifs is 1. The van der Waals surface area contributed by atoms with Gasteiger partial charge in [-0.15, -0.1) is 0 Å². The Kier molecular flexibility index (Phi) is 8.04. The molecule has 2 fully saturated rings. The highest BCUT2D eigenvalue weighted by molar-refractivity contribution is 5.40. The molecule has 3 aliphatic rings. The minimum atomic E-state index is -1.13. The van der Waals surface area contributed by atoms with Crippen molar-refractivity contribution in [2.75, 3.05) is 0 Å². The van der Waals surface area contributed by atoms with Crippen LogP contribution in [0, 0.1) is 17.3 Å². The van der Waals surface area contributed by atoms with Gasteiger partial charge in [-0.3, -0.25) is 0 Å². The molecule has 3 aliphatic carbocycles. The number of halogens is 1. The Morgan fingerprint density at radius 1 is 1.31 bits per heavy atom. The third-order valence-corrected chi connectivity index (χ3v) is 8.51. The molecule has 2 nitrogen and oxygen atoms in total. The molecule has 0 aliphatic heterocycles. The van der Waals surface area contributed by atoms with Crippen LogP contribution in [0.5, 0.6) is 0 Å². The van der Waals surface area contributed by atoms with Gasteiger partial charge in [-0.25, -0.2) is 4.39 Å². The second-order valence-electron chi connectivity index (χ2n) is 10.6. The smallest absolute Gasteiger partial charge is 0.127 e. The Morgan fingerprint density at radius 2 is 2.03 bits per heavy atom. The maximum absolute atomic E-state index is 14.1. The van der Waals surface area contributed by atoms with Crippen molar-refractivity contribution < 1.29 is 14.6 Å². The fourth-order valence-corrected chi connectivity index (χ4v) is 6.15. The number of alkyl halides is 1. The number of hydrogen-bond acceptors (Lipinski definition) is 2. The Bertz CT molecular complexity index is 813. The molecule has 0 amide bonds. The average Bonchev–Trinajstić information content (AvgIpc) is 3.12. The van der Waals surface area contributed by atoms with Crippen LogP contribution in [0.2, 0.25) is 0 Å². The standard InChI is InChI=1S/C29H43FO2/c1-6-29(32,7-2)17-8-10-20(3)25-14-15-26-22(11-9-16-28(25,26)5)12-13-23-18-24(31)19-27(30)21(23)4/h8,12-14,17,20,24,26-27,31-32H,4,6-7,9-11,15-16,18-19H2,1-3,5H3. The highest BCUT2D eigenvalue weighted by Crippen LogP contribution is 2.57. The zero-order chi connectivity index (χ0) is 23.5. The van der Waals surface area contributed by atoms with E-state index in [0.29, 0.717) is 23.8 Å². The third kappa shape index (κ3) is 5.20. The van der Waals surface area contributed by atoms with Crippen molar-refractivity contribution in [2.24, 2.45) is 17.3 Å². The van der Waals surface area contributed by atoms with E-state index in [2.05, 4.69) is 38.7 Å². The second-order valence-corrected chi connectivity index (χ2v) is 10.6. The predicted molar refractivity (Wildman–Crippen MR) is 132 cm³/mol. The number of hydrogen-bond donors (Lipinski definition) is 2. The maximum atomic E-state index is 14.1. The molecule has 0 saturated heterocycles. The first-order chi connectivity index (χ1) is 15.1. The van der Waals surface area contributed by atoms with Crippen molar-refractivity contribution in [3.8, 4) is 0 Å². The van der Waals surface area contributed by atoms with Gasteiger partial charge in [-0.1, -0.05) is 75.8 Å². The monoisotopic (exact) mass is 442 g/mol. The molecule has 0 radical (unpaired) electrons. The predicted octanol–water partition coefficient (Wildman–Crippen LogP) is 7.16. The van der Waals surface area contributed by atoms with E-state index in [9.17, 15) is 14.6 Å². The summed E-state index contributed by atoms with van der Waals surface area (Å²) in [5, 5.41) is 20.5.